The Balaban J connectivity index is 1.63. The van der Waals surface area contributed by atoms with Gasteiger partial charge in [0.1, 0.15) is 0 Å². The van der Waals surface area contributed by atoms with Gasteiger partial charge in [0, 0.05) is 38.1 Å². The van der Waals surface area contributed by atoms with Crippen LogP contribution in [0.4, 0.5) is 10.8 Å². The largest absolute Gasteiger partial charge is 0.411 e. The van der Waals surface area contributed by atoms with Crippen molar-refractivity contribution in [3.8, 4) is 0 Å². The smallest absolute Gasteiger partial charge is 0.185 e. The molecule has 1 saturated heterocycles. The van der Waals surface area contributed by atoms with Gasteiger partial charge in [-0.2, -0.15) is 0 Å². The number of aromatic nitrogens is 1. The maximum atomic E-state index is 8.53. The number of anilines is 2. The predicted octanol–water partition coefficient (Wildman–Crippen LogP) is 2.28. The average Bonchev–Trinajstić information content (AvgIpc) is 2.97. The van der Waals surface area contributed by atoms with Gasteiger partial charge in [-0.25, -0.2) is 4.98 Å². The van der Waals surface area contributed by atoms with Crippen molar-refractivity contribution in [2.75, 3.05) is 36.0 Å². The number of piperazine rings is 1. The Kier molecular flexibility index (Phi) is 3.83. The van der Waals surface area contributed by atoms with E-state index in [0.717, 1.165) is 36.2 Å². The van der Waals surface area contributed by atoms with E-state index in [4.69, 9.17) is 5.21 Å². The molecule has 20 heavy (non-hydrogen) atoms. The molecule has 104 valence electrons. The minimum atomic E-state index is 0.869. The van der Waals surface area contributed by atoms with Crippen molar-refractivity contribution in [2.45, 2.75) is 0 Å². The Morgan fingerprint density at radius 3 is 2.50 bits per heavy atom. The third-order valence-corrected chi connectivity index (χ3v) is 4.36. The summed E-state index contributed by atoms with van der Waals surface area (Å²) in [5, 5.41) is 12.6. The summed E-state index contributed by atoms with van der Waals surface area (Å²) in [4.78, 5) is 9.91. The van der Waals surface area contributed by atoms with E-state index in [1.807, 2.05) is 6.07 Å². The zero-order valence-corrected chi connectivity index (χ0v) is 11.8. The molecular weight excluding hydrogens is 272 g/mol. The molecule has 0 aliphatic carbocycles. The second kappa shape index (κ2) is 5.92. The molecular formula is C14H16N4OS. The summed E-state index contributed by atoms with van der Waals surface area (Å²) in [6.45, 7) is 3.90. The SMILES string of the molecule is O/N=C\c1cnc(N2CCN(c3ccccc3)CC2)s1. The van der Waals surface area contributed by atoms with Crippen LogP contribution in [-0.2, 0) is 0 Å². The number of oxime groups is 1. The van der Waals surface area contributed by atoms with Crippen LogP contribution in [0, 0.1) is 0 Å². The van der Waals surface area contributed by atoms with E-state index >= 15 is 0 Å². The van der Waals surface area contributed by atoms with Crippen LogP contribution in [0.25, 0.3) is 0 Å². The lowest BCUT2D eigenvalue weighted by atomic mass is 10.2. The van der Waals surface area contributed by atoms with E-state index in [9.17, 15) is 0 Å². The van der Waals surface area contributed by atoms with Gasteiger partial charge in [0.05, 0.1) is 11.1 Å². The van der Waals surface area contributed by atoms with Crippen molar-refractivity contribution in [3.63, 3.8) is 0 Å². The highest BCUT2D eigenvalue weighted by Gasteiger charge is 2.19. The van der Waals surface area contributed by atoms with Crippen molar-refractivity contribution in [2.24, 2.45) is 5.16 Å². The molecule has 0 amide bonds. The van der Waals surface area contributed by atoms with Crippen molar-refractivity contribution < 1.29 is 5.21 Å². The maximum absolute atomic E-state index is 8.53. The third-order valence-electron chi connectivity index (χ3n) is 3.37. The van der Waals surface area contributed by atoms with Crippen LogP contribution in [0.5, 0.6) is 0 Å². The molecule has 1 aliphatic rings. The molecule has 1 aromatic heterocycles. The molecule has 0 spiro atoms. The first-order chi connectivity index (χ1) is 9.86. The van der Waals surface area contributed by atoms with Crippen molar-refractivity contribution in [1.82, 2.24) is 4.98 Å². The molecule has 1 aliphatic heterocycles. The maximum Gasteiger partial charge on any atom is 0.185 e. The van der Waals surface area contributed by atoms with Gasteiger partial charge in [0.15, 0.2) is 5.13 Å². The zero-order valence-electron chi connectivity index (χ0n) is 11.0. The molecule has 0 atom stereocenters. The van der Waals surface area contributed by atoms with Gasteiger partial charge in [-0.3, -0.25) is 0 Å². The van der Waals surface area contributed by atoms with Gasteiger partial charge >= 0.3 is 0 Å². The predicted molar refractivity (Wildman–Crippen MR) is 82.4 cm³/mol. The van der Waals surface area contributed by atoms with Crippen LogP contribution in [0.2, 0.25) is 0 Å². The van der Waals surface area contributed by atoms with Crippen molar-refractivity contribution >= 4 is 28.4 Å². The highest BCUT2D eigenvalue weighted by Crippen LogP contribution is 2.24. The molecule has 2 aromatic rings. The van der Waals surface area contributed by atoms with Crippen LogP contribution in [0.3, 0.4) is 0 Å². The number of benzene rings is 1. The van der Waals surface area contributed by atoms with E-state index in [-0.39, 0.29) is 0 Å². The van der Waals surface area contributed by atoms with E-state index < -0.39 is 0 Å². The lowest BCUT2D eigenvalue weighted by Crippen LogP contribution is -2.46. The fourth-order valence-corrected chi connectivity index (χ4v) is 3.17. The van der Waals surface area contributed by atoms with Gasteiger partial charge < -0.3 is 15.0 Å². The van der Waals surface area contributed by atoms with Crippen molar-refractivity contribution in [1.29, 1.82) is 0 Å². The van der Waals surface area contributed by atoms with E-state index in [1.165, 1.54) is 11.9 Å². The first-order valence-corrected chi connectivity index (χ1v) is 7.36. The van der Waals surface area contributed by atoms with Gasteiger partial charge in [0.2, 0.25) is 0 Å². The molecule has 2 heterocycles. The first-order valence-electron chi connectivity index (χ1n) is 6.55. The van der Waals surface area contributed by atoms with E-state index in [2.05, 4.69) is 44.2 Å². The number of rotatable bonds is 3. The molecule has 3 rings (SSSR count). The minimum Gasteiger partial charge on any atom is -0.411 e. The molecule has 6 heteroatoms. The molecule has 0 unspecified atom stereocenters. The number of thiazole rings is 1. The molecule has 5 nitrogen and oxygen atoms in total. The second-order valence-electron chi connectivity index (χ2n) is 4.60. The molecule has 1 N–H and O–H groups in total. The Labute approximate surface area is 121 Å². The summed E-state index contributed by atoms with van der Waals surface area (Å²) in [5.74, 6) is 0. The highest BCUT2D eigenvalue weighted by molar-refractivity contribution is 7.17. The normalized spacial score (nSPS) is 16.0. The summed E-state index contributed by atoms with van der Waals surface area (Å²) in [5.41, 5.74) is 1.28. The highest BCUT2D eigenvalue weighted by atomic mass is 32.1. The van der Waals surface area contributed by atoms with Gasteiger partial charge in [0.25, 0.3) is 0 Å². The first kappa shape index (κ1) is 12.9. The molecule has 0 saturated carbocycles. The Morgan fingerprint density at radius 2 is 1.80 bits per heavy atom. The average molecular weight is 288 g/mol. The number of hydrogen-bond donors (Lipinski definition) is 1. The quantitative estimate of drug-likeness (QED) is 0.535. The standard InChI is InChI=1S/C14H16N4OS/c19-16-11-13-10-15-14(20-13)18-8-6-17(7-9-18)12-4-2-1-3-5-12/h1-5,10-11,19H,6-9H2/b16-11-. The van der Waals surface area contributed by atoms with Crippen LogP contribution in [0.15, 0.2) is 41.7 Å². The van der Waals surface area contributed by atoms with Gasteiger partial charge in [-0.05, 0) is 12.1 Å². The number of hydrogen-bond acceptors (Lipinski definition) is 6. The topological polar surface area (TPSA) is 52.0 Å². The summed E-state index contributed by atoms with van der Waals surface area (Å²) in [6, 6.07) is 10.5. The number of nitrogens with zero attached hydrogens (tertiary/aromatic N) is 4. The Hall–Kier alpha value is -2.08. The van der Waals surface area contributed by atoms with Gasteiger partial charge in [-0.1, -0.05) is 34.7 Å². The van der Waals surface area contributed by atoms with Crippen LogP contribution in [-0.4, -0.2) is 42.6 Å². The lowest BCUT2D eigenvalue weighted by molar-refractivity contribution is 0.322. The minimum absolute atomic E-state index is 0.869. The lowest BCUT2D eigenvalue weighted by Gasteiger charge is -2.35. The summed E-state index contributed by atoms with van der Waals surface area (Å²) >= 11 is 1.55. The van der Waals surface area contributed by atoms with Crippen LogP contribution >= 0.6 is 11.3 Å². The molecule has 0 radical (unpaired) electrons. The molecule has 0 bridgehead atoms. The molecule has 1 fully saturated rings. The molecule has 1 aromatic carbocycles. The van der Waals surface area contributed by atoms with Crippen LogP contribution < -0.4 is 9.80 Å². The van der Waals surface area contributed by atoms with E-state index in [0.29, 0.717) is 0 Å². The zero-order chi connectivity index (χ0) is 13.8. The van der Waals surface area contributed by atoms with Crippen LogP contribution in [0.1, 0.15) is 4.88 Å². The van der Waals surface area contributed by atoms with Gasteiger partial charge in [-0.15, -0.1) is 0 Å². The van der Waals surface area contributed by atoms with E-state index in [1.54, 1.807) is 17.5 Å². The fourth-order valence-electron chi connectivity index (χ4n) is 2.33. The third kappa shape index (κ3) is 2.75. The summed E-state index contributed by atoms with van der Waals surface area (Å²) in [6.07, 6.45) is 3.16. The number of para-hydroxylation sites is 1. The summed E-state index contributed by atoms with van der Waals surface area (Å²) in [7, 11) is 0. The Morgan fingerprint density at radius 1 is 1.10 bits per heavy atom. The Bertz CT molecular complexity index is 576. The monoisotopic (exact) mass is 288 g/mol. The fraction of sp³-hybridized carbons (Fsp3) is 0.286. The van der Waals surface area contributed by atoms with Crippen molar-refractivity contribution in [3.05, 3.63) is 41.4 Å². The summed E-state index contributed by atoms with van der Waals surface area (Å²) < 4.78 is 0. The second-order valence-corrected chi connectivity index (χ2v) is 5.64.